The maximum atomic E-state index is 12.6. The smallest absolute Gasteiger partial charge is 0.251 e. The third-order valence-corrected chi connectivity index (χ3v) is 8.70. The number of amides is 1. The Bertz CT molecular complexity index is 1680. The summed E-state index contributed by atoms with van der Waals surface area (Å²) in [5.41, 5.74) is 5.89. The number of hydrogen-bond donors (Lipinski definition) is 1. The van der Waals surface area contributed by atoms with Crippen molar-refractivity contribution < 1.29 is 9.53 Å². The van der Waals surface area contributed by atoms with Gasteiger partial charge >= 0.3 is 0 Å². The van der Waals surface area contributed by atoms with Crippen LogP contribution in [0.3, 0.4) is 0 Å². The van der Waals surface area contributed by atoms with E-state index >= 15 is 0 Å². The van der Waals surface area contributed by atoms with Crippen LogP contribution in [0.4, 0.5) is 11.5 Å². The summed E-state index contributed by atoms with van der Waals surface area (Å²) in [6.07, 6.45) is 2.46. The number of piperazine rings is 1. The number of ether oxygens (including phenoxy) is 1. The van der Waals surface area contributed by atoms with Crippen LogP contribution in [-0.4, -0.2) is 60.7 Å². The number of aromatic nitrogens is 3. The highest BCUT2D eigenvalue weighted by molar-refractivity contribution is 7.98. The SMILES string of the molecule is COc1ccc(N2CCN(c3cc(-c4ccccc4)nc(SCc4ccc(C(=O)NCCc5ccccn5)cc4)n3)CC2)cc1. The molecule has 0 aliphatic carbocycles. The van der Waals surface area contributed by atoms with Crippen molar-refractivity contribution in [2.75, 3.05) is 49.6 Å². The molecule has 3 heterocycles. The van der Waals surface area contributed by atoms with Gasteiger partial charge in [-0.15, -0.1) is 0 Å². The fourth-order valence-electron chi connectivity index (χ4n) is 5.24. The molecule has 45 heavy (non-hydrogen) atoms. The zero-order valence-corrected chi connectivity index (χ0v) is 26.1. The molecular formula is C36H36N6O2S. The lowest BCUT2D eigenvalue weighted by atomic mass is 10.1. The molecule has 3 aromatic carbocycles. The van der Waals surface area contributed by atoms with Crippen LogP contribution in [0.1, 0.15) is 21.6 Å². The van der Waals surface area contributed by atoms with Gasteiger partial charge in [-0.2, -0.15) is 0 Å². The number of nitrogens with zero attached hydrogens (tertiary/aromatic N) is 5. The molecule has 8 nitrogen and oxygen atoms in total. The van der Waals surface area contributed by atoms with Gasteiger partial charge in [-0.3, -0.25) is 9.78 Å². The number of benzene rings is 3. The van der Waals surface area contributed by atoms with Crippen LogP contribution in [0.5, 0.6) is 5.75 Å². The maximum absolute atomic E-state index is 12.6. The van der Waals surface area contributed by atoms with Crippen LogP contribution < -0.4 is 19.9 Å². The van der Waals surface area contributed by atoms with Crippen molar-refractivity contribution in [2.24, 2.45) is 0 Å². The molecular weight excluding hydrogens is 581 g/mol. The van der Waals surface area contributed by atoms with Gasteiger partial charge in [0.1, 0.15) is 11.6 Å². The van der Waals surface area contributed by atoms with E-state index in [0.717, 1.165) is 65.4 Å². The van der Waals surface area contributed by atoms with Crippen LogP contribution in [-0.2, 0) is 12.2 Å². The Morgan fingerprint density at radius 3 is 2.29 bits per heavy atom. The van der Waals surface area contributed by atoms with Crippen LogP contribution in [0.25, 0.3) is 11.3 Å². The minimum absolute atomic E-state index is 0.0826. The third-order valence-electron chi connectivity index (χ3n) is 7.78. The molecule has 6 rings (SSSR count). The van der Waals surface area contributed by atoms with Gasteiger partial charge in [0, 0.05) is 79.7 Å². The van der Waals surface area contributed by atoms with E-state index in [-0.39, 0.29) is 5.91 Å². The molecule has 5 aromatic rings. The van der Waals surface area contributed by atoms with Crippen molar-refractivity contribution in [1.29, 1.82) is 0 Å². The van der Waals surface area contributed by atoms with Gasteiger partial charge in [0.15, 0.2) is 5.16 Å². The summed E-state index contributed by atoms with van der Waals surface area (Å²) >= 11 is 1.61. The molecule has 0 spiro atoms. The van der Waals surface area contributed by atoms with Gasteiger partial charge in [0.2, 0.25) is 0 Å². The zero-order chi connectivity index (χ0) is 30.8. The first kappa shape index (κ1) is 30.1. The predicted octanol–water partition coefficient (Wildman–Crippen LogP) is 6.14. The fourth-order valence-corrected chi connectivity index (χ4v) is 6.04. The van der Waals surface area contributed by atoms with E-state index in [1.54, 1.807) is 25.1 Å². The number of carbonyl (C=O) groups excluding carboxylic acids is 1. The molecule has 1 saturated heterocycles. The quantitative estimate of drug-likeness (QED) is 0.140. The molecule has 1 N–H and O–H groups in total. The van der Waals surface area contributed by atoms with E-state index in [1.165, 1.54) is 5.69 Å². The lowest BCUT2D eigenvalue weighted by Crippen LogP contribution is -2.46. The first-order valence-electron chi connectivity index (χ1n) is 15.1. The second kappa shape index (κ2) is 14.7. The molecule has 1 amide bonds. The van der Waals surface area contributed by atoms with E-state index in [2.05, 4.69) is 50.4 Å². The molecule has 2 aromatic heterocycles. The van der Waals surface area contributed by atoms with Gasteiger partial charge in [0.05, 0.1) is 12.8 Å². The molecule has 0 unspecified atom stereocenters. The van der Waals surface area contributed by atoms with E-state index < -0.39 is 0 Å². The highest BCUT2D eigenvalue weighted by atomic mass is 32.2. The second-order valence-electron chi connectivity index (χ2n) is 10.7. The number of methoxy groups -OCH3 is 1. The van der Waals surface area contributed by atoms with Crippen molar-refractivity contribution in [1.82, 2.24) is 20.3 Å². The normalized spacial score (nSPS) is 13.0. The Morgan fingerprint density at radius 2 is 1.58 bits per heavy atom. The van der Waals surface area contributed by atoms with E-state index in [9.17, 15) is 4.79 Å². The van der Waals surface area contributed by atoms with Crippen LogP contribution in [0.2, 0.25) is 0 Å². The highest BCUT2D eigenvalue weighted by Gasteiger charge is 2.20. The van der Waals surface area contributed by atoms with E-state index in [1.807, 2.05) is 72.8 Å². The van der Waals surface area contributed by atoms with Crippen molar-refractivity contribution in [2.45, 2.75) is 17.3 Å². The van der Waals surface area contributed by atoms with Gasteiger partial charge in [0.25, 0.3) is 5.91 Å². The van der Waals surface area contributed by atoms with Crippen LogP contribution in [0, 0.1) is 0 Å². The van der Waals surface area contributed by atoms with Crippen molar-refractivity contribution in [3.05, 3.63) is 126 Å². The van der Waals surface area contributed by atoms with Gasteiger partial charge in [-0.25, -0.2) is 9.97 Å². The summed E-state index contributed by atoms with van der Waals surface area (Å²) in [5.74, 6) is 2.43. The summed E-state index contributed by atoms with van der Waals surface area (Å²) in [5, 5.41) is 3.72. The molecule has 1 aliphatic heterocycles. The van der Waals surface area contributed by atoms with Gasteiger partial charge in [-0.1, -0.05) is 60.3 Å². The van der Waals surface area contributed by atoms with Crippen LogP contribution in [0.15, 0.2) is 114 Å². The molecule has 1 fully saturated rings. The van der Waals surface area contributed by atoms with E-state index in [4.69, 9.17) is 14.7 Å². The summed E-state index contributed by atoms with van der Waals surface area (Å²) in [6, 6.07) is 34.2. The Morgan fingerprint density at radius 1 is 0.844 bits per heavy atom. The largest absolute Gasteiger partial charge is 0.497 e. The molecule has 0 radical (unpaired) electrons. The molecule has 9 heteroatoms. The first-order valence-corrected chi connectivity index (χ1v) is 16.1. The number of hydrogen-bond acceptors (Lipinski definition) is 8. The first-order chi connectivity index (χ1) is 22.1. The zero-order valence-electron chi connectivity index (χ0n) is 25.3. The molecule has 0 bridgehead atoms. The van der Waals surface area contributed by atoms with Crippen molar-refractivity contribution in [3.63, 3.8) is 0 Å². The molecule has 228 valence electrons. The summed E-state index contributed by atoms with van der Waals surface area (Å²) in [4.78, 5) is 31.6. The lowest BCUT2D eigenvalue weighted by Gasteiger charge is -2.37. The third kappa shape index (κ3) is 7.99. The number of carbonyl (C=O) groups is 1. The van der Waals surface area contributed by atoms with Gasteiger partial charge in [-0.05, 0) is 54.1 Å². The maximum Gasteiger partial charge on any atom is 0.251 e. The topological polar surface area (TPSA) is 83.5 Å². The number of anilines is 2. The van der Waals surface area contributed by atoms with Gasteiger partial charge < -0.3 is 19.9 Å². The molecule has 0 atom stereocenters. The highest BCUT2D eigenvalue weighted by Crippen LogP contribution is 2.29. The second-order valence-corrected chi connectivity index (χ2v) is 11.7. The minimum atomic E-state index is -0.0826. The number of rotatable bonds is 11. The number of thioether (sulfide) groups is 1. The fraction of sp³-hybridized carbons (Fsp3) is 0.222. The summed E-state index contributed by atoms with van der Waals surface area (Å²) in [6.45, 7) is 4.09. The molecule has 0 saturated carbocycles. The summed E-state index contributed by atoms with van der Waals surface area (Å²) in [7, 11) is 1.69. The Labute approximate surface area is 268 Å². The molecule has 1 aliphatic rings. The standard InChI is InChI=1S/C36H36N6O2S/c1-44-32-16-14-31(15-17-32)41-21-23-42(24-22-41)34-25-33(28-7-3-2-4-8-28)39-36(40-34)45-26-27-10-12-29(13-11-27)35(43)38-20-18-30-9-5-6-19-37-30/h2-17,19,25H,18,20-24,26H2,1H3,(H,38,43). The minimum Gasteiger partial charge on any atom is -0.497 e. The average Bonchev–Trinajstić information content (AvgIpc) is 3.12. The lowest BCUT2D eigenvalue weighted by molar-refractivity contribution is 0.0954. The Kier molecular flexibility index (Phi) is 9.87. The van der Waals surface area contributed by atoms with Crippen molar-refractivity contribution in [3.8, 4) is 17.0 Å². The average molecular weight is 617 g/mol. The summed E-state index contributed by atoms with van der Waals surface area (Å²) < 4.78 is 5.32. The van der Waals surface area contributed by atoms with Crippen LogP contribution >= 0.6 is 11.8 Å². The Balaban J connectivity index is 1.10. The predicted molar refractivity (Wildman–Crippen MR) is 181 cm³/mol. The number of nitrogens with one attached hydrogen (secondary N) is 1. The van der Waals surface area contributed by atoms with E-state index in [0.29, 0.717) is 24.3 Å². The Hall–Kier alpha value is -4.89. The van der Waals surface area contributed by atoms with Crippen molar-refractivity contribution >= 4 is 29.2 Å². The number of pyridine rings is 1. The monoisotopic (exact) mass is 616 g/mol.